The Labute approximate surface area is 224 Å². The molecule has 1 saturated heterocycles. The number of aliphatic hydroxyl groups excluding tert-OH is 1. The highest BCUT2D eigenvalue weighted by molar-refractivity contribution is 7.41. The van der Waals surface area contributed by atoms with Gasteiger partial charge < -0.3 is 39.0 Å². The molecule has 16 heteroatoms. The third kappa shape index (κ3) is 8.30. The zero-order valence-electron chi connectivity index (χ0n) is 21.6. The lowest BCUT2D eigenvalue weighted by Crippen LogP contribution is -2.29. The summed E-state index contributed by atoms with van der Waals surface area (Å²) < 4.78 is 41.9. The fraction of sp³-hybridized carbons (Fsp3) is 0.636. The molecule has 0 aromatic carbocycles. The van der Waals surface area contributed by atoms with Crippen molar-refractivity contribution in [1.29, 1.82) is 0 Å². The number of carbonyl (C=O) groups excluding carboxylic acids is 2. The maximum atomic E-state index is 11.6. The molecule has 14 nitrogen and oxygen atoms in total. The summed E-state index contributed by atoms with van der Waals surface area (Å²) in [7, 11) is -2.20. The normalized spacial score (nSPS) is 21.4. The summed E-state index contributed by atoms with van der Waals surface area (Å²) in [6.07, 6.45) is -3.36. The van der Waals surface area contributed by atoms with Gasteiger partial charge in [-0.3, -0.25) is 9.05 Å². The number of aliphatic hydroxyl groups is 1. The third-order valence-corrected chi connectivity index (χ3v) is 7.13. The molecule has 2 aromatic rings. The van der Waals surface area contributed by atoms with Crippen molar-refractivity contribution >= 4 is 49.0 Å². The van der Waals surface area contributed by atoms with E-state index in [9.17, 15) is 14.7 Å². The van der Waals surface area contributed by atoms with Crippen LogP contribution in [-0.4, -0.2) is 72.0 Å². The number of nitrogens with two attached hydrogens (primary N) is 1. The molecule has 3 N–H and O–H groups in total. The molecule has 4 unspecified atom stereocenters. The molecule has 0 spiro atoms. The topological polar surface area (TPSA) is 180 Å². The van der Waals surface area contributed by atoms with Crippen LogP contribution in [0, 0.1) is 5.92 Å². The van der Waals surface area contributed by atoms with Crippen molar-refractivity contribution in [2.24, 2.45) is 5.92 Å². The van der Waals surface area contributed by atoms with Crippen LogP contribution in [0.2, 0.25) is 0 Å². The quantitative estimate of drug-likeness (QED) is 0.210. The number of thiophene rings is 1. The van der Waals surface area contributed by atoms with Gasteiger partial charge in [-0.15, -0.1) is 11.3 Å². The molecule has 1 aliphatic rings. The van der Waals surface area contributed by atoms with Crippen molar-refractivity contribution in [3.8, 4) is 0 Å². The molecule has 3 rings (SSSR count). The Morgan fingerprint density at radius 2 is 1.68 bits per heavy atom. The second-order valence-corrected chi connectivity index (χ2v) is 10.8. The third-order valence-electron chi connectivity index (χ3n) is 5.11. The first-order chi connectivity index (χ1) is 18.1. The largest absolute Gasteiger partial charge is 0.510 e. The summed E-state index contributed by atoms with van der Waals surface area (Å²) in [6.45, 7) is 7.26. The fourth-order valence-electron chi connectivity index (χ4n) is 3.38. The lowest BCUT2D eigenvalue weighted by molar-refractivity contribution is -0.0482. The van der Waals surface area contributed by atoms with E-state index < -0.39 is 52.8 Å². The predicted molar refractivity (Wildman–Crippen MR) is 135 cm³/mol. The second-order valence-electron chi connectivity index (χ2n) is 8.70. The molecule has 0 amide bonds. The summed E-state index contributed by atoms with van der Waals surface area (Å²) in [5, 5.41) is 13.4. The van der Waals surface area contributed by atoms with Gasteiger partial charge in [-0.2, -0.15) is 0 Å². The second kappa shape index (κ2) is 14.1. The molecule has 0 saturated carbocycles. The minimum Gasteiger partial charge on any atom is -0.432 e. The summed E-state index contributed by atoms with van der Waals surface area (Å²) in [6, 6.07) is 0. The van der Waals surface area contributed by atoms with Gasteiger partial charge in [0.2, 0.25) is 13.6 Å². The number of carbonyl (C=O) groups is 2. The minimum absolute atomic E-state index is 0.138. The first-order valence-corrected chi connectivity index (χ1v) is 13.7. The number of hydrogen-bond donors (Lipinski definition) is 2. The van der Waals surface area contributed by atoms with Gasteiger partial charge in [0.05, 0.1) is 46.8 Å². The van der Waals surface area contributed by atoms with Crippen molar-refractivity contribution in [3.63, 3.8) is 0 Å². The van der Waals surface area contributed by atoms with Gasteiger partial charge in [0.15, 0.2) is 0 Å². The van der Waals surface area contributed by atoms with E-state index in [1.54, 1.807) is 27.7 Å². The first-order valence-electron chi connectivity index (χ1n) is 11.7. The molecular formula is C22H32N3O11PS. The van der Waals surface area contributed by atoms with Crippen LogP contribution in [0.15, 0.2) is 11.7 Å². The Kier molecular flexibility index (Phi) is 11.2. The number of fused-ring (bicyclic) bond motifs is 1. The summed E-state index contributed by atoms with van der Waals surface area (Å²) >= 11 is 1.42. The smallest absolute Gasteiger partial charge is 0.432 e. The molecule has 1 aliphatic heterocycles. The van der Waals surface area contributed by atoms with Crippen molar-refractivity contribution in [2.75, 3.05) is 25.9 Å². The van der Waals surface area contributed by atoms with Gasteiger partial charge in [-0.1, -0.05) is 6.92 Å². The Balaban J connectivity index is 1.59. The van der Waals surface area contributed by atoms with E-state index in [0.717, 1.165) is 10.3 Å². The predicted octanol–water partition coefficient (Wildman–Crippen LogP) is 4.03. The molecule has 3 heterocycles. The summed E-state index contributed by atoms with van der Waals surface area (Å²) in [4.78, 5) is 32.3. The Morgan fingerprint density at radius 3 is 2.26 bits per heavy atom. The Morgan fingerprint density at radius 1 is 1.08 bits per heavy atom. The van der Waals surface area contributed by atoms with Gasteiger partial charge >= 0.3 is 20.9 Å². The zero-order chi connectivity index (χ0) is 27.8. The molecule has 2 aromatic heterocycles. The molecular weight excluding hydrogens is 545 g/mol. The molecule has 4 atom stereocenters. The lowest BCUT2D eigenvalue weighted by Gasteiger charge is -2.20. The van der Waals surface area contributed by atoms with Gasteiger partial charge in [-0.05, 0) is 27.7 Å². The minimum atomic E-state index is -2.20. The number of rotatable bonds is 12. The maximum Gasteiger partial charge on any atom is 0.510 e. The van der Waals surface area contributed by atoms with Crippen LogP contribution in [0.4, 0.5) is 15.4 Å². The van der Waals surface area contributed by atoms with Gasteiger partial charge in [0.1, 0.15) is 18.2 Å². The van der Waals surface area contributed by atoms with Crippen LogP contribution in [0.25, 0.3) is 10.9 Å². The first kappa shape index (κ1) is 30.2. The number of ether oxygens (including phenoxy) is 5. The van der Waals surface area contributed by atoms with E-state index in [2.05, 4.69) is 9.97 Å². The average molecular weight is 578 g/mol. The Bertz CT molecular complexity index is 1040. The molecule has 0 aliphatic carbocycles. The number of nitrogen functional groups attached to an aromatic ring is 1. The van der Waals surface area contributed by atoms with E-state index >= 15 is 0 Å². The highest BCUT2D eigenvalue weighted by Crippen LogP contribution is 2.46. The van der Waals surface area contributed by atoms with Crippen molar-refractivity contribution in [3.05, 3.63) is 16.6 Å². The number of nitrogens with zero attached hydrogens (tertiary/aromatic N) is 2. The summed E-state index contributed by atoms with van der Waals surface area (Å²) in [5.74, 6) is 0.0699. The molecule has 0 radical (unpaired) electrons. The monoisotopic (exact) mass is 577 g/mol. The molecule has 1 fully saturated rings. The molecule has 0 bridgehead atoms. The highest BCUT2D eigenvalue weighted by Gasteiger charge is 2.43. The molecule has 212 valence electrons. The van der Waals surface area contributed by atoms with E-state index in [1.807, 2.05) is 12.3 Å². The van der Waals surface area contributed by atoms with Crippen LogP contribution in [0.1, 0.15) is 45.6 Å². The van der Waals surface area contributed by atoms with E-state index in [-0.39, 0.29) is 24.7 Å². The van der Waals surface area contributed by atoms with Gasteiger partial charge in [0, 0.05) is 11.3 Å². The zero-order valence-corrected chi connectivity index (χ0v) is 23.3. The van der Waals surface area contributed by atoms with Crippen LogP contribution in [0.5, 0.6) is 0 Å². The lowest BCUT2D eigenvalue weighted by atomic mass is 9.97. The number of hydrogen-bond acceptors (Lipinski definition) is 15. The van der Waals surface area contributed by atoms with E-state index in [4.69, 9.17) is 43.0 Å². The van der Waals surface area contributed by atoms with Crippen LogP contribution in [0.3, 0.4) is 0 Å². The van der Waals surface area contributed by atoms with Crippen molar-refractivity contribution < 1.29 is 52.0 Å². The average Bonchev–Trinajstić information content (AvgIpc) is 3.38. The van der Waals surface area contributed by atoms with E-state index in [0.29, 0.717) is 11.3 Å². The standard InChI is InChI=1S/C22H32N3O11PS/c1-11(2)34-21(27)29-9-32-37(33-10-30-22(28)35-12(3)4)31-6-15-17(26)13(5)18(36-15)19-16-14(7-38-19)20(23)25-8-24-16/h7-8,11-13,15,17-18,26H,6,9-10H2,1-5H3,(H2,23,24,25). The van der Waals surface area contributed by atoms with Crippen molar-refractivity contribution in [2.45, 2.75) is 65.1 Å². The highest BCUT2D eigenvalue weighted by atomic mass is 32.1. The Hall–Kier alpha value is -2.39. The summed E-state index contributed by atoms with van der Waals surface area (Å²) in [5.41, 5.74) is 6.61. The number of anilines is 1. The van der Waals surface area contributed by atoms with Gasteiger partial charge in [-0.25, -0.2) is 19.6 Å². The van der Waals surface area contributed by atoms with Crippen LogP contribution < -0.4 is 5.73 Å². The van der Waals surface area contributed by atoms with E-state index in [1.165, 1.54) is 17.7 Å². The van der Waals surface area contributed by atoms with Crippen LogP contribution >= 0.6 is 19.9 Å². The molecule has 38 heavy (non-hydrogen) atoms. The SMILES string of the molecule is CC(C)OC(=O)OCOP(OCOC(=O)OC(C)C)OCC1OC(c2scc3c(N)ncnc23)C(C)C1O. The van der Waals surface area contributed by atoms with Crippen molar-refractivity contribution in [1.82, 2.24) is 9.97 Å². The number of aromatic nitrogens is 2. The van der Waals surface area contributed by atoms with Crippen LogP contribution in [-0.2, 0) is 37.3 Å². The maximum absolute atomic E-state index is 11.6. The fourth-order valence-corrected chi connectivity index (χ4v) is 5.31. The van der Waals surface area contributed by atoms with Gasteiger partial charge in [0.25, 0.3) is 0 Å².